The lowest BCUT2D eigenvalue weighted by atomic mass is 10.0. The number of benzene rings is 2. The minimum atomic E-state index is -0.756. The van der Waals surface area contributed by atoms with E-state index in [0.717, 1.165) is 0 Å². The molecule has 0 unspecified atom stereocenters. The van der Waals surface area contributed by atoms with Crippen LogP contribution in [-0.4, -0.2) is 29.6 Å². The second-order valence-corrected chi connectivity index (χ2v) is 5.29. The summed E-state index contributed by atoms with van der Waals surface area (Å²) in [5, 5.41) is 8.75. The number of rotatable bonds is 6. The molecule has 0 saturated heterocycles. The van der Waals surface area contributed by atoms with Crippen LogP contribution in [0.1, 0.15) is 24.9 Å². The molecule has 0 heterocycles. The van der Waals surface area contributed by atoms with Crippen molar-refractivity contribution in [2.45, 2.75) is 19.4 Å². The minimum absolute atomic E-state index is 0.170. The summed E-state index contributed by atoms with van der Waals surface area (Å²) in [5.74, 6) is -0.756. The first kappa shape index (κ1) is 15.3. The van der Waals surface area contributed by atoms with E-state index in [2.05, 4.69) is 48.2 Å². The molecule has 1 N–H and O–H groups in total. The van der Waals surface area contributed by atoms with Gasteiger partial charge >= 0.3 is 5.97 Å². The molecule has 0 spiro atoms. The Morgan fingerprint density at radius 1 is 1.05 bits per heavy atom. The van der Waals surface area contributed by atoms with Crippen molar-refractivity contribution in [2.24, 2.45) is 0 Å². The molecular weight excluding hydrogens is 262 g/mol. The third-order valence-corrected chi connectivity index (χ3v) is 3.84. The van der Waals surface area contributed by atoms with Gasteiger partial charge in [0.2, 0.25) is 0 Å². The van der Waals surface area contributed by atoms with Crippen molar-refractivity contribution in [1.29, 1.82) is 0 Å². The summed E-state index contributed by atoms with van der Waals surface area (Å²) in [6.45, 7) is 2.65. The van der Waals surface area contributed by atoms with E-state index < -0.39 is 5.97 Å². The van der Waals surface area contributed by atoms with Crippen LogP contribution in [0.3, 0.4) is 0 Å². The van der Waals surface area contributed by atoms with Crippen LogP contribution in [0, 0.1) is 0 Å². The molecule has 0 bridgehead atoms. The Labute approximate surface area is 125 Å². The van der Waals surface area contributed by atoms with Crippen molar-refractivity contribution in [3.63, 3.8) is 0 Å². The molecule has 0 aromatic heterocycles. The summed E-state index contributed by atoms with van der Waals surface area (Å²) in [6.07, 6.45) is 0.170. The topological polar surface area (TPSA) is 40.5 Å². The maximum absolute atomic E-state index is 10.6. The van der Waals surface area contributed by atoms with Crippen LogP contribution in [0.4, 0.5) is 0 Å². The Hall–Kier alpha value is -2.13. The van der Waals surface area contributed by atoms with Crippen molar-refractivity contribution in [2.75, 3.05) is 13.6 Å². The minimum Gasteiger partial charge on any atom is -0.481 e. The fourth-order valence-electron chi connectivity index (χ4n) is 2.30. The largest absolute Gasteiger partial charge is 0.481 e. The van der Waals surface area contributed by atoms with Crippen LogP contribution in [0.25, 0.3) is 11.1 Å². The number of hydrogen-bond donors (Lipinski definition) is 1. The van der Waals surface area contributed by atoms with Crippen molar-refractivity contribution in [3.05, 3.63) is 60.2 Å². The standard InChI is InChI=1S/C18H21NO2/c1-14(19(2)13-12-18(20)21)15-8-10-17(11-9-15)16-6-4-3-5-7-16/h3-11,14H,12-13H2,1-2H3,(H,20,21)/t14-/m0/s1. The van der Waals surface area contributed by atoms with Crippen LogP contribution in [0.15, 0.2) is 54.6 Å². The third-order valence-electron chi connectivity index (χ3n) is 3.84. The highest BCUT2D eigenvalue weighted by molar-refractivity contribution is 5.67. The van der Waals surface area contributed by atoms with Gasteiger partial charge in [0.25, 0.3) is 0 Å². The lowest BCUT2D eigenvalue weighted by Crippen LogP contribution is -2.25. The molecule has 0 amide bonds. The van der Waals surface area contributed by atoms with Crippen LogP contribution in [-0.2, 0) is 4.79 Å². The number of nitrogens with zero attached hydrogens (tertiary/aromatic N) is 1. The van der Waals surface area contributed by atoms with Crippen molar-refractivity contribution >= 4 is 5.97 Å². The van der Waals surface area contributed by atoms with Crippen molar-refractivity contribution in [3.8, 4) is 11.1 Å². The Bertz CT molecular complexity index is 578. The van der Waals surface area contributed by atoms with Gasteiger partial charge in [0, 0.05) is 12.6 Å². The Morgan fingerprint density at radius 2 is 1.62 bits per heavy atom. The molecular formula is C18H21NO2. The normalized spacial score (nSPS) is 12.3. The maximum atomic E-state index is 10.6. The summed E-state index contributed by atoms with van der Waals surface area (Å²) in [6, 6.07) is 18.9. The first-order chi connectivity index (χ1) is 10.1. The molecule has 0 aliphatic carbocycles. The van der Waals surface area contributed by atoms with Crippen LogP contribution in [0.5, 0.6) is 0 Å². The molecule has 0 aliphatic rings. The zero-order chi connectivity index (χ0) is 15.2. The average molecular weight is 283 g/mol. The zero-order valence-electron chi connectivity index (χ0n) is 12.5. The van der Waals surface area contributed by atoms with Gasteiger partial charge in [0.05, 0.1) is 6.42 Å². The highest BCUT2D eigenvalue weighted by atomic mass is 16.4. The van der Waals surface area contributed by atoms with Crippen LogP contribution >= 0.6 is 0 Å². The van der Waals surface area contributed by atoms with E-state index in [4.69, 9.17) is 5.11 Å². The van der Waals surface area contributed by atoms with Gasteiger partial charge in [-0.25, -0.2) is 0 Å². The molecule has 110 valence electrons. The second kappa shape index (κ2) is 7.04. The second-order valence-electron chi connectivity index (χ2n) is 5.29. The zero-order valence-corrected chi connectivity index (χ0v) is 12.5. The molecule has 21 heavy (non-hydrogen) atoms. The first-order valence-corrected chi connectivity index (χ1v) is 7.15. The van der Waals surface area contributed by atoms with Gasteiger partial charge in [-0.2, -0.15) is 0 Å². The van der Waals surface area contributed by atoms with Gasteiger partial charge in [-0.15, -0.1) is 0 Å². The van der Waals surface area contributed by atoms with Gasteiger partial charge < -0.3 is 5.11 Å². The molecule has 0 saturated carbocycles. The van der Waals surface area contributed by atoms with Gasteiger partial charge in [-0.1, -0.05) is 54.6 Å². The van der Waals surface area contributed by atoms with E-state index in [0.29, 0.717) is 6.54 Å². The molecule has 3 nitrogen and oxygen atoms in total. The molecule has 0 aliphatic heterocycles. The number of carboxylic acid groups (broad SMARTS) is 1. The van der Waals surface area contributed by atoms with Crippen molar-refractivity contribution < 1.29 is 9.90 Å². The summed E-state index contributed by atoms with van der Waals surface area (Å²) in [5.41, 5.74) is 3.60. The van der Waals surface area contributed by atoms with Gasteiger partial charge in [-0.05, 0) is 30.7 Å². The smallest absolute Gasteiger partial charge is 0.304 e. The predicted octanol–water partition coefficient (Wildman–Crippen LogP) is 3.82. The molecule has 2 aromatic rings. The first-order valence-electron chi connectivity index (χ1n) is 7.15. The molecule has 0 radical (unpaired) electrons. The molecule has 0 fully saturated rings. The van der Waals surface area contributed by atoms with E-state index in [1.165, 1.54) is 16.7 Å². The quantitative estimate of drug-likeness (QED) is 0.876. The third kappa shape index (κ3) is 4.17. The van der Waals surface area contributed by atoms with E-state index in [1.54, 1.807) is 0 Å². The fourth-order valence-corrected chi connectivity index (χ4v) is 2.30. The highest BCUT2D eigenvalue weighted by Crippen LogP contribution is 2.24. The number of carbonyl (C=O) groups is 1. The molecule has 3 heteroatoms. The van der Waals surface area contributed by atoms with E-state index in [1.807, 2.05) is 25.2 Å². The monoisotopic (exact) mass is 283 g/mol. The summed E-state index contributed by atoms with van der Waals surface area (Å²) >= 11 is 0. The van der Waals surface area contributed by atoms with E-state index in [-0.39, 0.29) is 12.5 Å². The molecule has 1 atom stereocenters. The highest BCUT2D eigenvalue weighted by Gasteiger charge is 2.12. The molecule has 2 rings (SSSR count). The lowest BCUT2D eigenvalue weighted by molar-refractivity contribution is -0.137. The maximum Gasteiger partial charge on any atom is 0.304 e. The molecule has 2 aromatic carbocycles. The summed E-state index contributed by atoms with van der Waals surface area (Å²) < 4.78 is 0. The Balaban J connectivity index is 2.06. The average Bonchev–Trinajstić information content (AvgIpc) is 2.53. The van der Waals surface area contributed by atoms with Gasteiger partial charge in [0.15, 0.2) is 0 Å². The van der Waals surface area contributed by atoms with E-state index >= 15 is 0 Å². The van der Waals surface area contributed by atoms with Crippen LogP contribution < -0.4 is 0 Å². The summed E-state index contributed by atoms with van der Waals surface area (Å²) in [7, 11) is 1.96. The van der Waals surface area contributed by atoms with E-state index in [9.17, 15) is 4.79 Å². The predicted molar refractivity (Wildman–Crippen MR) is 85.2 cm³/mol. The lowest BCUT2D eigenvalue weighted by Gasteiger charge is -2.24. The number of aliphatic carboxylic acids is 1. The van der Waals surface area contributed by atoms with Crippen molar-refractivity contribution in [1.82, 2.24) is 4.90 Å². The SMILES string of the molecule is C[C@@H](c1ccc(-c2ccccc2)cc1)N(C)CCC(=O)O. The fraction of sp³-hybridized carbons (Fsp3) is 0.278. The van der Waals surface area contributed by atoms with Gasteiger partial charge in [-0.3, -0.25) is 9.69 Å². The Kier molecular flexibility index (Phi) is 5.12. The number of carboxylic acids is 1. The Morgan fingerprint density at radius 3 is 2.19 bits per heavy atom. The van der Waals surface area contributed by atoms with Crippen LogP contribution in [0.2, 0.25) is 0 Å². The van der Waals surface area contributed by atoms with Gasteiger partial charge in [0.1, 0.15) is 0 Å². The number of hydrogen-bond acceptors (Lipinski definition) is 2. The summed E-state index contributed by atoms with van der Waals surface area (Å²) in [4.78, 5) is 12.7.